The van der Waals surface area contributed by atoms with Crippen LogP contribution >= 0.6 is 0 Å². The van der Waals surface area contributed by atoms with Gasteiger partial charge in [-0.3, -0.25) is 4.79 Å². The molecule has 3 atom stereocenters. The predicted octanol–water partition coefficient (Wildman–Crippen LogP) is -1.16. The number of carbonyl (C=O) groups is 2. The van der Waals surface area contributed by atoms with Crippen molar-refractivity contribution in [1.29, 1.82) is 0 Å². The summed E-state index contributed by atoms with van der Waals surface area (Å²) in [5, 5.41) is 19.9. The topological polar surface area (TPSA) is 113 Å². The van der Waals surface area contributed by atoms with Crippen molar-refractivity contribution in [2.45, 2.75) is 25.0 Å². The molecule has 6 nitrogen and oxygen atoms in total. The number of aliphatic hydroxyl groups excluding tert-OH is 1. The van der Waals surface area contributed by atoms with E-state index in [1.807, 2.05) is 0 Å². The van der Waals surface area contributed by atoms with Crippen LogP contribution in [0.5, 0.6) is 0 Å². The number of rotatable bonds is 5. The van der Waals surface area contributed by atoms with Crippen LogP contribution in [0.1, 0.15) is 12.8 Å². The average Bonchev–Trinajstić information content (AvgIpc) is 2.64. The van der Waals surface area contributed by atoms with Crippen LogP contribution in [0.4, 0.5) is 0 Å². The van der Waals surface area contributed by atoms with Crippen molar-refractivity contribution < 1.29 is 19.8 Å². The van der Waals surface area contributed by atoms with Gasteiger partial charge in [-0.25, -0.2) is 4.79 Å². The summed E-state index contributed by atoms with van der Waals surface area (Å²) in [4.78, 5) is 21.8. The summed E-state index contributed by atoms with van der Waals surface area (Å²) in [6.07, 6.45) is 2.67. The summed E-state index contributed by atoms with van der Waals surface area (Å²) < 4.78 is 0. The lowest BCUT2D eigenvalue weighted by atomic mass is 10.1. The third-order valence-electron chi connectivity index (χ3n) is 2.46. The molecule has 0 bridgehead atoms. The van der Waals surface area contributed by atoms with Crippen molar-refractivity contribution in [3.05, 3.63) is 12.2 Å². The van der Waals surface area contributed by atoms with Gasteiger partial charge in [0.2, 0.25) is 5.91 Å². The molecule has 0 aromatic carbocycles. The van der Waals surface area contributed by atoms with Gasteiger partial charge in [-0.05, 0) is 6.42 Å². The van der Waals surface area contributed by atoms with E-state index in [0.717, 1.165) is 0 Å². The molecule has 0 radical (unpaired) electrons. The SMILES string of the molecule is NC1C=CC(C(=O)NCCC(O)C(=O)O)C1. The molecule has 0 aliphatic heterocycles. The van der Waals surface area contributed by atoms with Crippen LogP contribution in [0.3, 0.4) is 0 Å². The first-order valence-electron chi connectivity index (χ1n) is 5.13. The van der Waals surface area contributed by atoms with E-state index in [1.165, 1.54) is 0 Å². The number of aliphatic carboxylic acids is 1. The van der Waals surface area contributed by atoms with E-state index in [4.69, 9.17) is 15.9 Å². The van der Waals surface area contributed by atoms with Crippen LogP contribution in [0.25, 0.3) is 0 Å². The standard InChI is InChI=1S/C10H16N2O4/c11-7-2-1-6(5-7)9(14)12-4-3-8(13)10(15)16/h1-2,6-8,13H,3-5,11H2,(H,12,14)(H,15,16). The smallest absolute Gasteiger partial charge is 0.332 e. The molecule has 16 heavy (non-hydrogen) atoms. The molecule has 1 amide bonds. The summed E-state index contributed by atoms with van der Waals surface area (Å²) in [6, 6.07) is -0.0830. The van der Waals surface area contributed by atoms with E-state index >= 15 is 0 Å². The Morgan fingerprint density at radius 2 is 2.19 bits per heavy atom. The normalized spacial score (nSPS) is 25.4. The second-order valence-corrected chi connectivity index (χ2v) is 3.82. The van der Waals surface area contributed by atoms with Gasteiger partial charge >= 0.3 is 5.97 Å². The first-order chi connectivity index (χ1) is 7.50. The van der Waals surface area contributed by atoms with Crippen LogP contribution in [0.15, 0.2) is 12.2 Å². The molecule has 3 unspecified atom stereocenters. The maximum Gasteiger partial charge on any atom is 0.332 e. The Kier molecular flexibility index (Phi) is 4.45. The van der Waals surface area contributed by atoms with Gasteiger partial charge in [0.1, 0.15) is 0 Å². The van der Waals surface area contributed by atoms with Gasteiger partial charge in [0.25, 0.3) is 0 Å². The Morgan fingerprint density at radius 3 is 2.69 bits per heavy atom. The average molecular weight is 228 g/mol. The highest BCUT2D eigenvalue weighted by atomic mass is 16.4. The number of carbonyl (C=O) groups excluding carboxylic acids is 1. The van der Waals surface area contributed by atoms with Crippen molar-refractivity contribution in [3.63, 3.8) is 0 Å². The Balaban J connectivity index is 2.21. The van der Waals surface area contributed by atoms with Crippen molar-refractivity contribution in [2.24, 2.45) is 11.7 Å². The molecule has 0 saturated heterocycles. The van der Waals surface area contributed by atoms with Gasteiger partial charge in [0, 0.05) is 19.0 Å². The van der Waals surface area contributed by atoms with Crippen molar-refractivity contribution in [1.82, 2.24) is 5.32 Å². The van der Waals surface area contributed by atoms with Gasteiger partial charge in [-0.1, -0.05) is 12.2 Å². The minimum absolute atomic E-state index is 0.00353. The van der Waals surface area contributed by atoms with E-state index in [1.54, 1.807) is 12.2 Å². The van der Waals surface area contributed by atoms with E-state index in [-0.39, 0.29) is 30.8 Å². The number of aliphatic hydroxyl groups is 1. The monoisotopic (exact) mass is 228 g/mol. The molecular formula is C10H16N2O4. The van der Waals surface area contributed by atoms with Gasteiger partial charge < -0.3 is 21.3 Å². The Morgan fingerprint density at radius 1 is 1.50 bits per heavy atom. The Labute approximate surface area is 93.1 Å². The molecule has 0 heterocycles. The fourth-order valence-electron chi connectivity index (χ4n) is 1.51. The number of nitrogens with two attached hydrogens (primary N) is 1. The molecular weight excluding hydrogens is 212 g/mol. The predicted molar refractivity (Wildman–Crippen MR) is 56.5 cm³/mol. The largest absolute Gasteiger partial charge is 0.479 e. The molecule has 0 aromatic rings. The maximum absolute atomic E-state index is 11.5. The van der Waals surface area contributed by atoms with Gasteiger partial charge in [0.05, 0.1) is 5.92 Å². The lowest BCUT2D eigenvalue weighted by molar-refractivity contribution is -0.147. The number of carboxylic acid groups (broad SMARTS) is 1. The summed E-state index contributed by atoms with van der Waals surface area (Å²) in [7, 11) is 0. The third-order valence-corrected chi connectivity index (χ3v) is 2.46. The Hall–Kier alpha value is -1.40. The number of hydrogen-bond donors (Lipinski definition) is 4. The molecule has 0 aromatic heterocycles. The molecule has 0 saturated carbocycles. The number of nitrogens with one attached hydrogen (secondary N) is 1. The summed E-state index contributed by atoms with van der Waals surface area (Å²) in [6.45, 7) is 0.145. The zero-order valence-corrected chi connectivity index (χ0v) is 8.80. The van der Waals surface area contributed by atoms with Gasteiger partial charge in [-0.15, -0.1) is 0 Å². The van der Waals surface area contributed by atoms with E-state index in [9.17, 15) is 9.59 Å². The van der Waals surface area contributed by atoms with Crippen LogP contribution in [0.2, 0.25) is 0 Å². The van der Waals surface area contributed by atoms with Crippen molar-refractivity contribution in [2.75, 3.05) is 6.54 Å². The minimum Gasteiger partial charge on any atom is -0.479 e. The van der Waals surface area contributed by atoms with Crippen LogP contribution < -0.4 is 11.1 Å². The molecule has 1 rings (SSSR count). The maximum atomic E-state index is 11.5. The first-order valence-corrected chi connectivity index (χ1v) is 5.13. The summed E-state index contributed by atoms with van der Waals surface area (Å²) in [5.74, 6) is -1.70. The summed E-state index contributed by atoms with van der Waals surface area (Å²) in [5.41, 5.74) is 5.60. The fourth-order valence-corrected chi connectivity index (χ4v) is 1.51. The molecule has 90 valence electrons. The molecule has 1 aliphatic rings. The second-order valence-electron chi connectivity index (χ2n) is 3.82. The van der Waals surface area contributed by atoms with E-state index < -0.39 is 12.1 Å². The lowest BCUT2D eigenvalue weighted by Gasteiger charge is -2.11. The van der Waals surface area contributed by atoms with E-state index in [2.05, 4.69) is 5.32 Å². The zero-order chi connectivity index (χ0) is 12.1. The highest BCUT2D eigenvalue weighted by Gasteiger charge is 2.22. The Bertz CT molecular complexity index is 303. The zero-order valence-electron chi connectivity index (χ0n) is 8.80. The highest BCUT2D eigenvalue weighted by molar-refractivity contribution is 5.81. The minimum atomic E-state index is -1.43. The second kappa shape index (κ2) is 5.62. The van der Waals surface area contributed by atoms with Gasteiger partial charge in [0.15, 0.2) is 6.10 Å². The quantitative estimate of drug-likeness (QED) is 0.443. The molecule has 0 fully saturated rings. The highest BCUT2D eigenvalue weighted by Crippen LogP contribution is 2.16. The number of carboxylic acids is 1. The molecule has 5 N–H and O–H groups in total. The molecule has 0 spiro atoms. The van der Waals surface area contributed by atoms with E-state index in [0.29, 0.717) is 6.42 Å². The lowest BCUT2D eigenvalue weighted by Crippen LogP contribution is -2.34. The van der Waals surface area contributed by atoms with Crippen LogP contribution in [-0.4, -0.2) is 40.8 Å². The van der Waals surface area contributed by atoms with Crippen LogP contribution in [0, 0.1) is 5.92 Å². The molecule has 1 aliphatic carbocycles. The number of amides is 1. The molecule has 6 heteroatoms. The van der Waals surface area contributed by atoms with Crippen molar-refractivity contribution >= 4 is 11.9 Å². The van der Waals surface area contributed by atoms with Gasteiger partial charge in [-0.2, -0.15) is 0 Å². The number of hydrogen-bond acceptors (Lipinski definition) is 4. The van der Waals surface area contributed by atoms with Crippen molar-refractivity contribution in [3.8, 4) is 0 Å². The third kappa shape index (κ3) is 3.63. The summed E-state index contributed by atoms with van der Waals surface area (Å²) >= 11 is 0. The fraction of sp³-hybridized carbons (Fsp3) is 0.600. The van der Waals surface area contributed by atoms with Crippen LogP contribution in [-0.2, 0) is 9.59 Å². The first kappa shape index (κ1) is 12.7.